The van der Waals surface area contributed by atoms with E-state index in [1.165, 1.54) is 6.33 Å². The zero-order valence-corrected chi connectivity index (χ0v) is 16.4. The Balaban J connectivity index is 1.73. The van der Waals surface area contributed by atoms with E-state index in [-0.39, 0.29) is 0 Å². The summed E-state index contributed by atoms with van der Waals surface area (Å²) in [6.45, 7) is 8.40. The van der Waals surface area contributed by atoms with Crippen LogP contribution >= 0.6 is 0 Å². The minimum absolute atomic E-state index is 0.323. The highest BCUT2D eigenvalue weighted by Crippen LogP contribution is 2.26. The van der Waals surface area contributed by atoms with E-state index in [0.29, 0.717) is 44.3 Å². The van der Waals surface area contributed by atoms with Gasteiger partial charge in [0.05, 0.1) is 17.7 Å². The molecule has 0 spiro atoms. The lowest BCUT2D eigenvalue weighted by atomic mass is 10.2. The van der Waals surface area contributed by atoms with E-state index in [2.05, 4.69) is 36.3 Å². The number of imidazole rings is 1. The van der Waals surface area contributed by atoms with Crippen molar-refractivity contribution in [2.75, 3.05) is 25.6 Å². The number of fused-ring (bicyclic) bond motifs is 1. The lowest BCUT2D eigenvalue weighted by Crippen LogP contribution is -2.11. The fraction of sp³-hybridized carbons (Fsp3) is 0.400. The van der Waals surface area contributed by atoms with Crippen LogP contribution in [-0.4, -0.2) is 44.3 Å². The molecule has 0 amide bonds. The van der Waals surface area contributed by atoms with Gasteiger partial charge in [-0.25, -0.2) is 19.9 Å². The van der Waals surface area contributed by atoms with E-state index in [4.69, 9.17) is 15.2 Å². The van der Waals surface area contributed by atoms with Crippen LogP contribution in [-0.2, 0) is 22.6 Å². The van der Waals surface area contributed by atoms with E-state index in [1.54, 1.807) is 12.4 Å². The fourth-order valence-electron chi connectivity index (χ4n) is 2.87. The number of aromatic nitrogens is 5. The second-order valence-electron chi connectivity index (χ2n) is 6.20. The molecule has 3 aromatic rings. The first-order chi connectivity index (χ1) is 13.6. The number of anilines is 1. The number of rotatable bonds is 7. The van der Waals surface area contributed by atoms with E-state index < -0.39 is 0 Å². The second kappa shape index (κ2) is 9.26. The summed E-state index contributed by atoms with van der Waals surface area (Å²) in [5.74, 6) is 7.18. The molecule has 8 heteroatoms. The Morgan fingerprint density at radius 3 is 2.68 bits per heavy atom. The summed E-state index contributed by atoms with van der Waals surface area (Å²) >= 11 is 0. The van der Waals surface area contributed by atoms with E-state index in [1.807, 2.05) is 20.8 Å². The number of ether oxygens (including phenoxy) is 2. The third-order valence-corrected chi connectivity index (χ3v) is 4.34. The van der Waals surface area contributed by atoms with Gasteiger partial charge >= 0.3 is 0 Å². The van der Waals surface area contributed by atoms with Gasteiger partial charge in [0.25, 0.3) is 0 Å². The van der Waals surface area contributed by atoms with Gasteiger partial charge in [-0.05, 0) is 26.3 Å². The minimum atomic E-state index is 0.323. The van der Waals surface area contributed by atoms with Gasteiger partial charge in [-0.15, -0.1) is 0 Å². The van der Waals surface area contributed by atoms with Gasteiger partial charge in [-0.3, -0.25) is 0 Å². The topological polar surface area (TPSA) is 101 Å². The van der Waals surface area contributed by atoms with Crippen molar-refractivity contribution < 1.29 is 9.47 Å². The first kappa shape index (κ1) is 19.7. The third kappa shape index (κ3) is 4.44. The summed E-state index contributed by atoms with van der Waals surface area (Å²) in [5, 5.41) is 0. The molecule has 146 valence electrons. The quantitative estimate of drug-likeness (QED) is 0.494. The molecule has 0 aliphatic carbocycles. The average molecular weight is 380 g/mol. The predicted octanol–water partition coefficient (Wildman–Crippen LogP) is 2.03. The molecule has 0 aromatic carbocycles. The van der Waals surface area contributed by atoms with Crippen molar-refractivity contribution in [3.05, 3.63) is 41.4 Å². The molecule has 0 fully saturated rings. The number of aryl methyl sites for hydroxylation is 2. The molecular formula is C20H24N6O2. The van der Waals surface area contributed by atoms with Gasteiger partial charge in [0, 0.05) is 31.2 Å². The molecule has 0 aliphatic heterocycles. The zero-order chi connectivity index (χ0) is 19.9. The molecule has 0 radical (unpaired) electrons. The Morgan fingerprint density at radius 2 is 1.93 bits per heavy atom. The van der Waals surface area contributed by atoms with Gasteiger partial charge in [0.15, 0.2) is 5.82 Å². The Hall–Kier alpha value is -3.02. The number of hydrogen-bond donors (Lipinski definition) is 1. The van der Waals surface area contributed by atoms with Crippen LogP contribution in [0.3, 0.4) is 0 Å². The van der Waals surface area contributed by atoms with Crippen LogP contribution in [0.15, 0.2) is 18.7 Å². The fourth-order valence-corrected chi connectivity index (χ4v) is 2.87. The maximum atomic E-state index is 6.10. The molecule has 3 aromatic heterocycles. The molecule has 8 nitrogen and oxygen atoms in total. The smallest absolute Gasteiger partial charge is 0.151 e. The minimum Gasteiger partial charge on any atom is -0.382 e. The highest BCUT2D eigenvalue weighted by Gasteiger charge is 2.17. The van der Waals surface area contributed by atoms with Gasteiger partial charge in [-0.1, -0.05) is 11.8 Å². The number of hydrogen-bond acceptors (Lipinski definition) is 7. The molecule has 3 heterocycles. The van der Waals surface area contributed by atoms with Gasteiger partial charge < -0.3 is 19.8 Å². The molecule has 0 saturated heterocycles. The van der Waals surface area contributed by atoms with E-state index in [9.17, 15) is 0 Å². The molecule has 0 atom stereocenters. The summed E-state index contributed by atoms with van der Waals surface area (Å²) in [6.07, 6.45) is 4.81. The molecule has 28 heavy (non-hydrogen) atoms. The second-order valence-corrected chi connectivity index (χ2v) is 6.20. The normalized spacial score (nSPS) is 10.8. The summed E-state index contributed by atoms with van der Waals surface area (Å²) in [6, 6.07) is 0. The standard InChI is InChI=1S/C20H24N6O2/c1-4-27-12-17-25-18-19(14(2)15(3)24-20(18)21)26(17)7-9-28-8-5-6-16-10-22-13-23-11-16/h10-11,13H,4,7-9,12H2,1-3H3,(H2,21,24). The summed E-state index contributed by atoms with van der Waals surface area (Å²) in [7, 11) is 0. The molecule has 0 aliphatic rings. The lowest BCUT2D eigenvalue weighted by molar-refractivity contribution is 0.121. The molecule has 2 N–H and O–H groups in total. The van der Waals surface area contributed by atoms with Crippen molar-refractivity contribution >= 4 is 16.9 Å². The Morgan fingerprint density at radius 1 is 1.14 bits per heavy atom. The summed E-state index contributed by atoms with van der Waals surface area (Å²) in [5.41, 5.74) is 10.5. The van der Waals surface area contributed by atoms with Crippen molar-refractivity contribution in [1.29, 1.82) is 0 Å². The SMILES string of the molecule is CCOCc1nc2c(N)nc(C)c(C)c2n1CCOCC#Cc1cncnc1. The monoisotopic (exact) mass is 380 g/mol. The summed E-state index contributed by atoms with van der Waals surface area (Å²) in [4.78, 5) is 16.9. The average Bonchev–Trinajstić information content (AvgIpc) is 3.07. The zero-order valence-electron chi connectivity index (χ0n) is 16.4. The Kier molecular flexibility index (Phi) is 6.53. The summed E-state index contributed by atoms with van der Waals surface area (Å²) < 4.78 is 13.4. The largest absolute Gasteiger partial charge is 0.382 e. The van der Waals surface area contributed by atoms with Crippen LogP contribution in [0, 0.1) is 25.7 Å². The Labute approximate surface area is 164 Å². The van der Waals surface area contributed by atoms with Crippen LogP contribution in [0.5, 0.6) is 0 Å². The molecule has 0 bridgehead atoms. The number of nitrogen functional groups attached to an aromatic ring is 1. The number of pyridine rings is 1. The van der Waals surface area contributed by atoms with Crippen LogP contribution in [0.25, 0.3) is 11.0 Å². The molecular weight excluding hydrogens is 356 g/mol. The van der Waals surface area contributed by atoms with Gasteiger partial charge in [0.2, 0.25) is 0 Å². The van der Waals surface area contributed by atoms with Crippen molar-refractivity contribution in [2.24, 2.45) is 0 Å². The lowest BCUT2D eigenvalue weighted by Gasteiger charge is -2.11. The Bertz CT molecular complexity index is 1000. The predicted molar refractivity (Wildman–Crippen MR) is 106 cm³/mol. The third-order valence-electron chi connectivity index (χ3n) is 4.34. The van der Waals surface area contributed by atoms with Gasteiger partial charge in [0.1, 0.15) is 30.9 Å². The highest BCUT2D eigenvalue weighted by atomic mass is 16.5. The van der Waals surface area contributed by atoms with Crippen molar-refractivity contribution in [1.82, 2.24) is 24.5 Å². The van der Waals surface area contributed by atoms with Crippen LogP contribution in [0.4, 0.5) is 5.82 Å². The van der Waals surface area contributed by atoms with E-state index in [0.717, 1.165) is 28.2 Å². The van der Waals surface area contributed by atoms with Crippen LogP contribution < -0.4 is 5.73 Å². The number of nitrogens with two attached hydrogens (primary N) is 1. The maximum absolute atomic E-state index is 6.10. The highest BCUT2D eigenvalue weighted by molar-refractivity contribution is 5.88. The first-order valence-electron chi connectivity index (χ1n) is 9.13. The van der Waals surface area contributed by atoms with Crippen LogP contribution in [0.1, 0.15) is 29.6 Å². The molecule has 3 rings (SSSR count). The van der Waals surface area contributed by atoms with Crippen molar-refractivity contribution in [3.8, 4) is 11.8 Å². The van der Waals surface area contributed by atoms with Crippen molar-refractivity contribution in [2.45, 2.75) is 33.9 Å². The first-order valence-corrected chi connectivity index (χ1v) is 9.13. The molecule has 0 saturated carbocycles. The number of nitrogens with zero attached hydrogens (tertiary/aromatic N) is 5. The van der Waals surface area contributed by atoms with Gasteiger partial charge in [-0.2, -0.15) is 0 Å². The van der Waals surface area contributed by atoms with Crippen molar-refractivity contribution in [3.63, 3.8) is 0 Å². The maximum Gasteiger partial charge on any atom is 0.151 e. The van der Waals surface area contributed by atoms with E-state index >= 15 is 0 Å². The van der Waals surface area contributed by atoms with Crippen LogP contribution in [0.2, 0.25) is 0 Å². The molecule has 0 unspecified atom stereocenters.